The van der Waals surface area contributed by atoms with E-state index in [0.717, 1.165) is 89.9 Å². The summed E-state index contributed by atoms with van der Waals surface area (Å²) in [6.45, 7) is 4.19. The Kier molecular flexibility index (Phi) is 58.3. The third kappa shape index (κ3) is 57.6. The maximum atomic E-state index is 12.5. The topological polar surface area (TPSA) is 69.6 Å². The molecule has 0 aromatic carbocycles. The molecule has 0 radical (unpaired) electrons. The highest BCUT2D eigenvalue weighted by Crippen LogP contribution is 2.16. The van der Waals surface area contributed by atoms with Crippen LogP contribution in [0.3, 0.4) is 0 Å². The average Bonchev–Trinajstić information content (AvgIpc) is 3.37. The van der Waals surface area contributed by atoms with E-state index in [9.17, 15) is 15.0 Å². The first kappa shape index (κ1) is 67.8. The van der Waals surface area contributed by atoms with Gasteiger partial charge in [0.15, 0.2) is 0 Å². The van der Waals surface area contributed by atoms with E-state index in [-0.39, 0.29) is 12.5 Å². The molecule has 0 aliphatic heterocycles. The van der Waals surface area contributed by atoms with Crippen LogP contribution in [-0.2, 0) is 4.79 Å². The lowest BCUT2D eigenvalue weighted by Gasteiger charge is -2.19. The summed E-state index contributed by atoms with van der Waals surface area (Å²) in [7, 11) is 0. The van der Waals surface area contributed by atoms with Crippen LogP contribution in [0.25, 0.3) is 0 Å². The normalized spacial score (nSPS) is 13.7. The molecule has 4 heteroatoms. The van der Waals surface area contributed by atoms with Crippen LogP contribution < -0.4 is 5.32 Å². The lowest BCUT2D eigenvalue weighted by atomic mass is 10.0. The van der Waals surface area contributed by atoms with Crippen LogP contribution in [0.2, 0.25) is 0 Å². The lowest BCUT2D eigenvalue weighted by molar-refractivity contribution is -0.123. The van der Waals surface area contributed by atoms with Gasteiger partial charge in [-0.1, -0.05) is 289 Å². The maximum Gasteiger partial charge on any atom is 0.220 e. The van der Waals surface area contributed by atoms with Crippen LogP contribution in [0.5, 0.6) is 0 Å². The molecular weight excluding hydrogens is 867 g/mol. The molecule has 0 saturated carbocycles. The molecule has 0 aromatic heterocycles. The van der Waals surface area contributed by atoms with Gasteiger partial charge in [-0.25, -0.2) is 0 Å². The fraction of sp³-hybridized carbons (Fsp3) is 0.687. The predicted molar refractivity (Wildman–Crippen MR) is 317 cm³/mol. The van der Waals surface area contributed by atoms with Crippen LogP contribution in [0.1, 0.15) is 277 Å². The van der Waals surface area contributed by atoms with E-state index in [0.29, 0.717) is 6.42 Å². The molecule has 0 aromatic rings. The maximum absolute atomic E-state index is 12.5. The number of amides is 1. The number of unbranched alkanes of at least 4 members (excludes halogenated alkanes) is 29. The van der Waals surface area contributed by atoms with Crippen molar-refractivity contribution in [3.05, 3.63) is 122 Å². The minimum Gasteiger partial charge on any atom is -0.394 e. The highest BCUT2D eigenvalue weighted by molar-refractivity contribution is 5.76. The molecule has 3 N–H and O–H groups in total. The summed E-state index contributed by atoms with van der Waals surface area (Å²) in [5, 5.41) is 23.2. The van der Waals surface area contributed by atoms with Gasteiger partial charge in [0.05, 0.1) is 18.8 Å². The van der Waals surface area contributed by atoms with E-state index in [1.807, 2.05) is 6.08 Å². The molecule has 1 amide bonds. The molecule has 2 unspecified atom stereocenters. The van der Waals surface area contributed by atoms with E-state index in [1.165, 1.54) is 167 Å². The third-order valence-electron chi connectivity index (χ3n) is 13.2. The Balaban J connectivity index is 3.62. The standard InChI is InChI=1S/C67H115NO3/c1-3-5-7-9-11-13-15-17-19-21-23-25-27-29-31-33-34-35-37-39-41-43-45-47-49-51-53-55-57-59-61-63-67(71)68-65(64-69)66(70)62-60-58-56-54-52-50-48-46-44-42-40-38-36-32-30-28-26-24-22-20-18-16-14-12-10-8-6-4-2/h5,7,11,13,17,19,23,25,29,31,34-35,39,41,44,46,52,54,60,62,65-66,69-70H,3-4,6,8-10,12,14-16,18,20-22,24,26-28,30,32-33,36-38,40,42-43,45,47-51,53,55-59,61,63-64H2,1-2H3,(H,68,71)/b7-5-,13-11-,19-17-,25-23-,31-29-,35-34-,41-39-,46-44+,54-52+,62-60+. The van der Waals surface area contributed by atoms with Gasteiger partial charge in [-0.15, -0.1) is 0 Å². The molecule has 0 rings (SSSR count). The lowest BCUT2D eigenvalue weighted by Crippen LogP contribution is -2.45. The van der Waals surface area contributed by atoms with Crippen molar-refractivity contribution in [3.63, 3.8) is 0 Å². The number of carbonyl (C=O) groups excluding carboxylic acids is 1. The van der Waals surface area contributed by atoms with E-state index in [2.05, 4.69) is 129 Å². The second kappa shape index (κ2) is 61.1. The number of nitrogens with one attached hydrogen (secondary N) is 1. The summed E-state index contributed by atoms with van der Waals surface area (Å²) in [6, 6.07) is -0.659. The van der Waals surface area contributed by atoms with Crippen molar-refractivity contribution in [2.24, 2.45) is 0 Å². The Bertz CT molecular complexity index is 1390. The second-order valence-electron chi connectivity index (χ2n) is 20.0. The van der Waals surface area contributed by atoms with Crippen LogP contribution in [-0.4, -0.2) is 34.9 Å². The predicted octanol–water partition coefficient (Wildman–Crippen LogP) is 20.4. The molecule has 4 nitrogen and oxygen atoms in total. The van der Waals surface area contributed by atoms with Crippen molar-refractivity contribution in [1.29, 1.82) is 0 Å². The summed E-state index contributed by atoms with van der Waals surface area (Å²) >= 11 is 0. The summed E-state index contributed by atoms with van der Waals surface area (Å²) in [6.07, 6.45) is 93.7. The number of carbonyl (C=O) groups is 1. The van der Waals surface area contributed by atoms with Crippen molar-refractivity contribution in [2.75, 3.05) is 6.61 Å². The SMILES string of the molecule is CC/C=C\C/C=C\C/C=C\C/C=C\C/C=C\C/C=C\C/C=C\CCCCCCCCCCCC(=O)NC(CO)C(O)/C=C/CC/C=C/CC/C=C/CCCCCCCCCCCCCCCCCCCC. The largest absolute Gasteiger partial charge is 0.394 e. The Morgan fingerprint density at radius 2 is 0.634 bits per heavy atom. The third-order valence-corrected chi connectivity index (χ3v) is 13.2. The van der Waals surface area contributed by atoms with Gasteiger partial charge in [0.1, 0.15) is 0 Å². The van der Waals surface area contributed by atoms with Gasteiger partial charge in [-0.2, -0.15) is 0 Å². The van der Waals surface area contributed by atoms with Gasteiger partial charge in [0.2, 0.25) is 5.91 Å². The van der Waals surface area contributed by atoms with E-state index < -0.39 is 12.1 Å². The molecule has 0 aliphatic carbocycles. The van der Waals surface area contributed by atoms with Crippen molar-refractivity contribution in [3.8, 4) is 0 Å². The van der Waals surface area contributed by atoms with Gasteiger partial charge in [-0.3, -0.25) is 4.79 Å². The molecule has 0 aliphatic rings. The Hall–Kier alpha value is -3.21. The Morgan fingerprint density at radius 3 is 0.986 bits per heavy atom. The van der Waals surface area contributed by atoms with Crippen LogP contribution in [0.4, 0.5) is 0 Å². The van der Waals surface area contributed by atoms with Gasteiger partial charge in [-0.05, 0) is 103 Å². The number of hydrogen-bond acceptors (Lipinski definition) is 3. The number of rotatable bonds is 54. The molecule has 406 valence electrons. The molecule has 0 bridgehead atoms. The van der Waals surface area contributed by atoms with E-state index in [4.69, 9.17) is 0 Å². The smallest absolute Gasteiger partial charge is 0.220 e. The first-order chi connectivity index (χ1) is 35.2. The zero-order chi connectivity index (χ0) is 51.3. The van der Waals surface area contributed by atoms with Crippen LogP contribution in [0.15, 0.2) is 122 Å². The van der Waals surface area contributed by atoms with Crippen molar-refractivity contribution in [1.82, 2.24) is 5.32 Å². The molecule has 2 atom stereocenters. The second-order valence-corrected chi connectivity index (χ2v) is 20.0. The van der Waals surface area contributed by atoms with Gasteiger partial charge < -0.3 is 15.5 Å². The summed E-state index contributed by atoms with van der Waals surface area (Å²) in [4.78, 5) is 12.5. The molecular formula is C67H115NO3. The minimum absolute atomic E-state index is 0.0877. The molecule has 0 heterocycles. The monoisotopic (exact) mass is 982 g/mol. The van der Waals surface area contributed by atoms with Gasteiger partial charge in [0.25, 0.3) is 0 Å². The molecule has 0 spiro atoms. The number of aliphatic hydroxyl groups excluding tert-OH is 2. The molecule has 71 heavy (non-hydrogen) atoms. The highest BCUT2D eigenvalue weighted by Gasteiger charge is 2.18. The van der Waals surface area contributed by atoms with Crippen LogP contribution >= 0.6 is 0 Å². The minimum atomic E-state index is -0.883. The first-order valence-corrected chi connectivity index (χ1v) is 30.2. The van der Waals surface area contributed by atoms with Crippen molar-refractivity contribution in [2.45, 2.75) is 289 Å². The summed E-state index contributed by atoms with van der Waals surface area (Å²) < 4.78 is 0. The fourth-order valence-electron chi connectivity index (χ4n) is 8.60. The number of aliphatic hydroxyl groups is 2. The zero-order valence-corrected chi connectivity index (χ0v) is 46.7. The zero-order valence-electron chi connectivity index (χ0n) is 46.7. The van der Waals surface area contributed by atoms with E-state index in [1.54, 1.807) is 6.08 Å². The summed E-state index contributed by atoms with van der Waals surface area (Å²) in [5.74, 6) is -0.0877. The van der Waals surface area contributed by atoms with E-state index >= 15 is 0 Å². The Morgan fingerprint density at radius 1 is 0.352 bits per heavy atom. The summed E-state index contributed by atoms with van der Waals surface area (Å²) in [5.41, 5.74) is 0. The van der Waals surface area contributed by atoms with Gasteiger partial charge in [0, 0.05) is 6.42 Å². The quantitative estimate of drug-likeness (QED) is 0.0420. The number of hydrogen-bond donors (Lipinski definition) is 3. The number of allylic oxidation sites excluding steroid dienone is 19. The first-order valence-electron chi connectivity index (χ1n) is 30.2. The van der Waals surface area contributed by atoms with Crippen molar-refractivity contribution >= 4 is 5.91 Å². The highest BCUT2D eigenvalue weighted by atomic mass is 16.3. The molecule has 0 saturated heterocycles. The fourth-order valence-corrected chi connectivity index (χ4v) is 8.60. The van der Waals surface area contributed by atoms with Crippen molar-refractivity contribution < 1.29 is 15.0 Å². The van der Waals surface area contributed by atoms with Crippen LogP contribution in [0, 0.1) is 0 Å². The molecule has 0 fully saturated rings. The average molecular weight is 983 g/mol. The Labute approximate surface area is 441 Å². The van der Waals surface area contributed by atoms with Gasteiger partial charge >= 0.3 is 0 Å².